The lowest BCUT2D eigenvalue weighted by atomic mass is 10.1. The first kappa shape index (κ1) is 17.9. The molecule has 4 nitrogen and oxygen atoms in total. The first-order chi connectivity index (χ1) is 10.2. The van der Waals surface area contributed by atoms with Gasteiger partial charge in [-0.1, -0.05) is 26.8 Å². The SMILES string of the molecule is CCCNC(C)c1cccnc1N(CCO)C(CC)CC. The van der Waals surface area contributed by atoms with Gasteiger partial charge in [0.05, 0.1) is 6.61 Å². The zero-order valence-electron chi connectivity index (χ0n) is 14.0. The summed E-state index contributed by atoms with van der Waals surface area (Å²) in [7, 11) is 0. The van der Waals surface area contributed by atoms with Crippen molar-refractivity contribution in [1.29, 1.82) is 0 Å². The summed E-state index contributed by atoms with van der Waals surface area (Å²) >= 11 is 0. The molecule has 4 heteroatoms. The summed E-state index contributed by atoms with van der Waals surface area (Å²) in [5.41, 5.74) is 1.21. The minimum Gasteiger partial charge on any atom is -0.395 e. The summed E-state index contributed by atoms with van der Waals surface area (Å²) in [5, 5.41) is 13.0. The molecule has 1 aromatic rings. The first-order valence-corrected chi connectivity index (χ1v) is 8.25. The molecule has 0 aliphatic rings. The standard InChI is InChI=1S/C17H31N3O/c1-5-10-18-14(4)16-9-8-11-19-17(16)20(12-13-21)15(6-2)7-3/h8-9,11,14-15,18,21H,5-7,10,12-13H2,1-4H3. The fourth-order valence-electron chi connectivity index (χ4n) is 2.76. The number of aliphatic hydroxyl groups is 1. The smallest absolute Gasteiger partial charge is 0.133 e. The molecule has 120 valence electrons. The predicted octanol–water partition coefficient (Wildman–Crippen LogP) is 3.13. The lowest BCUT2D eigenvalue weighted by molar-refractivity contribution is 0.295. The second kappa shape index (κ2) is 9.74. The number of nitrogens with zero attached hydrogens (tertiary/aromatic N) is 2. The van der Waals surface area contributed by atoms with Gasteiger partial charge in [0.15, 0.2) is 0 Å². The van der Waals surface area contributed by atoms with Crippen LogP contribution in [0.25, 0.3) is 0 Å². The van der Waals surface area contributed by atoms with E-state index < -0.39 is 0 Å². The van der Waals surface area contributed by atoms with Crippen molar-refractivity contribution in [2.75, 3.05) is 24.6 Å². The third-order valence-corrected chi connectivity index (χ3v) is 3.98. The monoisotopic (exact) mass is 293 g/mol. The zero-order valence-corrected chi connectivity index (χ0v) is 14.0. The van der Waals surface area contributed by atoms with E-state index in [0.717, 1.165) is 31.6 Å². The molecule has 1 unspecified atom stereocenters. The Morgan fingerprint density at radius 2 is 2.00 bits per heavy atom. The maximum Gasteiger partial charge on any atom is 0.133 e. The largest absolute Gasteiger partial charge is 0.395 e. The van der Waals surface area contributed by atoms with Gasteiger partial charge in [0.2, 0.25) is 0 Å². The number of pyridine rings is 1. The van der Waals surface area contributed by atoms with E-state index in [1.54, 1.807) is 0 Å². The average Bonchev–Trinajstić information content (AvgIpc) is 2.53. The van der Waals surface area contributed by atoms with Gasteiger partial charge in [0.1, 0.15) is 5.82 Å². The van der Waals surface area contributed by atoms with Crippen molar-refractivity contribution >= 4 is 5.82 Å². The second-order valence-electron chi connectivity index (χ2n) is 5.48. The number of rotatable bonds is 10. The van der Waals surface area contributed by atoms with Crippen LogP contribution < -0.4 is 10.2 Å². The van der Waals surface area contributed by atoms with Crippen LogP contribution in [0, 0.1) is 0 Å². The van der Waals surface area contributed by atoms with E-state index in [4.69, 9.17) is 0 Å². The zero-order chi connectivity index (χ0) is 15.7. The van der Waals surface area contributed by atoms with Crippen LogP contribution in [0.1, 0.15) is 58.6 Å². The highest BCUT2D eigenvalue weighted by Crippen LogP contribution is 2.26. The van der Waals surface area contributed by atoms with Gasteiger partial charge in [0, 0.05) is 30.4 Å². The van der Waals surface area contributed by atoms with Crippen molar-refractivity contribution < 1.29 is 5.11 Å². The van der Waals surface area contributed by atoms with E-state index >= 15 is 0 Å². The maximum atomic E-state index is 9.42. The molecule has 1 atom stereocenters. The van der Waals surface area contributed by atoms with E-state index in [1.807, 2.05) is 12.3 Å². The molecule has 21 heavy (non-hydrogen) atoms. The molecule has 0 radical (unpaired) electrons. The summed E-state index contributed by atoms with van der Waals surface area (Å²) in [4.78, 5) is 6.88. The first-order valence-electron chi connectivity index (χ1n) is 8.25. The van der Waals surface area contributed by atoms with Crippen molar-refractivity contribution in [3.05, 3.63) is 23.9 Å². The van der Waals surface area contributed by atoms with Gasteiger partial charge in [-0.25, -0.2) is 4.98 Å². The maximum absolute atomic E-state index is 9.42. The second-order valence-corrected chi connectivity index (χ2v) is 5.48. The molecule has 0 bridgehead atoms. The Balaban J connectivity index is 3.07. The Labute approximate surface area is 129 Å². The van der Waals surface area contributed by atoms with Crippen LogP contribution >= 0.6 is 0 Å². The minimum atomic E-state index is 0.156. The van der Waals surface area contributed by atoms with Gasteiger partial charge in [-0.3, -0.25) is 0 Å². The van der Waals surface area contributed by atoms with Crippen molar-refractivity contribution in [1.82, 2.24) is 10.3 Å². The molecular weight excluding hydrogens is 262 g/mol. The van der Waals surface area contributed by atoms with Gasteiger partial charge in [-0.05, 0) is 38.8 Å². The number of hydrogen-bond acceptors (Lipinski definition) is 4. The third-order valence-electron chi connectivity index (χ3n) is 3.98. The Bertz CT molecular complexity index is 393. The van der Waals surface area contributed by atoms with E-state index in [2.05, 4.69) is 49.0 Å². The number of aliphatic hydroxyl groups excluding tert-OH is 1. The van der Waals surface area contributed by atoms with Crippen LogP contribution in [-0.4, -0.2) is 35.8 Å². The van der Waals surface area contributed by atoms with Gasteiger partial charge in [-0.15, -0.1) is 0 Å². The summed E-state index contributed by atoms with van der Waals surface area (Å²) < 4.78 is 0. The van der Waals surface area contributed by atoms with E-state index in [0.29, 0.717) is 12.6 Å². The van der Waals surface area contributed by atoms with Gasteiger partial charge in [-0.2, -0.15) is 0 Å². The number of anilines is 1. The quantitative estimate of drug-likeness (QED) is 0.696. The third kappa shape index (κ3) is 4.97. The lowest BCUT2D eigenvalue weighted by Crippen LogP contribution is -2.38. The van der Waals surface area contributed by atoms with Crippen LogP contribution in [-0.2, 0) is 0 Å². The van der Waals surface area contributed by atoms with Crippen LogP contribution in [0.3, 0.4) is 0 Å². The van der Waals surface area contributed by atoms with Crippen LogP contribution in [0.5, 0.6) is 0 Å². The molecule has 0 saturated heterocycles. The summed E-state index contributed by atoms with van der Waals surface area (Å²) in [6, 6.07) is 4.82. The number of aromatic nitrogens is 1. The Kier molecular flexibility index (Phi) is 8.31. The minimum absolute atomic E-state index is 0.156. The van der Waals surface area contributed by atoms with Crippen LogP contribution in [0.15, 0.2) is 18.3 Å². The molecule has 0 fully saturated rings. The summed E-state index contributed by atoms with van der Waals surface area (Å²) in [6.45, 7) is 10.5. The molecule has 0 aromatic carbocycles. The van der Waals surface area contributed by atoms with Crippen molar-refractivity contribution in [2.45, 2.75) is 59.0 Å². The van der Waals surface area contributed by atoms with Crippen molar-refractivity contribution in [3.8, 4) is 0 Å². The molecule has 0 aliphatic heterocycles. The highest BCUT2D eigenvalue weighted by molar-refractivity contribution is 5.49. The van der Waals surface area contributed by atoms with Gasteiger partial charge < -0.3 is 15.3 Å². The van der Waals surface area contributed by atoms with Crippen molar-refractivity contribution in [2.24, 2.45) is 0 Å². The summed E-state index contributed by atoms with van der Waals surface area (Å²) in [5.74, 6) is 1.01. The van der Waals surface area contributed by atoms with Crippen molar-refractivity contribution in [3.63, 3.8) is 0 Å². The lowest BCUT2D eigenvalue weighted by Gasteiger charge is -2.33. The summed E-state index contributed by atoms with van der Waals surface area (Å²) in [6.07, 6.45) is 5.08. The van der Waals surface area contributed by atoms with E-state index in [9.17, 15) is 5.11 Å². The topological polar surface area (TPSA) is 48.4 Å². The average molecular weight is 293 g/mol. The molecule has 0 saturated carbocycles. The number of nitrogens with one attached hydrogen (secondary N) is 1. The molecular formula is C17H31N3O. The fraction of sp³-hybridized carbons (Fsp3) is 0.706. The Hall–Kier alpha value is -1.13. The number of hydrogen-bond donors (Lipinski definition) is 2. The van der Waals surface area contributed by atoms with Crippen LogP contribution in [0.4, 0.5) is 5.82 Å². The molecule has 1 heterocycles. The molecule has 1 rings (SSSR count). The van der Waals surface area contributed by atoms with E-state index in [1.165, 1.54) is 5.56 Å². The highest BCUT2D eigenvalue weighted by atomic mass is 16.3. The predicted molar refractivity (Wildman–Crippen MR) is 89.7 cm³/mol. The molecule has 0 spiro atoms. The van der Waals surface area contributed by atoms with Crippen LogP contribution in [0.2, 0.25) is 0 Å². The van der Waals surface area contributed by atoms with E-state index in [-0.39, 0.29) is 12.6 Å². The molecule has 2 N–H and O–H groups in total. The Morgan fingerprint density at radius 1 is 1.29 bits per heavy atom. The van der Waals surface area contributed by atoms with Gasteiger partial charge in [0.25, 0.3) is 0 Å². The fourth-order valence-corrected chi connectivity index (χ4v) is 2.76. The molecule has 0 aliphatic carbocycles. The highest BCUT2D eigenvalue weighted by Gasteiger charge is 2.21. The normalized spacial score (nSPS) is 12.7. The van der Waals surface area contributed by atoms with Gasteiger partial charge >= 0.3 is 0 Å². The molecule has 0 amide bonds. The molecule has 1 aromatic heterocycles. The Morgan fingerprint density at radius 3 is 2.57 bits per heavy atom.